The number of imidazole rings is 1. The minimum absolute atomic E-state index is 0.401. The molecule has 154 valence electrons. The lowest BCUT2D eigenvalue weighted by Gasteiger charge is -2.12. The monoisotopic (exact) mass is 397 g/mol. The van der Waals surface area contributed by atoms with Crippen LogP contribution in [0.1, 0.15) is 34.1 Å². The topological polar surface area (TPSA) is 93.7 Å². The van der Waals surface area contributed by atoms with Crippen LogP contribution in [0.2, 0.25) is 0 Å². The molecule has 2 aromatic heterocycles. The second kappa shape index (κ2) is 9.27. The molecule has 0 radical (unpaired) electrons. The molecule has 0 saturated carbocycles. The van der Waals surface area contributed by atoms with Crippen molar-refractivity contribution in [2.45, 2.75) is 33.4 Å². The smallest absolute Gasteiger partial charge is 0.341 e. The van der Waals surface area contributed by atoms with E-state index < -0.39 is 5.97 Å². The van der Waals surface area contributed by atoms with Crippen molar-refractivity contribution in [1.29, 1.82) is 0 Å². The standard InChI is InChI=1S/C21H27N5O3/c1-14-17(20(27)28-4)12-16(29-14)13-24-21(22-3)23-10-7-11-26-15(2)25-18-8-5-6-9-19(18)26/h5-6,8-9,12H,7,10-11,13H2,1-4H3,(H2,22,23,24). The van der Waals surface area contributed by atoms with Crippen LogP contribution in [0.25, 0.3) is 11.0 Å². The zero-order valence-electron chi connectivity index (χ0n) is 17.3. The number of ether oxygens (including phenoxy) is 1. The quantitative estimate of drug-likeness (QED) is 0.276. The van der Waals surface area contributed by atoms with Crippen LogP contribution in [-0.4, -0.2) is 42.2 Å². The Morgan fingerprint density at radius 1 is 1.28 bits per heavy atom. The van der Waals surface area contributed by atoms with Crippen LogP contribution >= 0.6 is 0 Å². The zero-order valence-corrected chi connectivity index (χ0v) is 17.3. The predicted octanol–water partition coefficient (Wildman–Crippen LogP) is 2.79. The number of aliphatic imine (C=N–C) groups is 1. The third-order valence-corrected chi connectivity index (χ3v) is 4.72. The fraction of sp³-hybridized carbons (Fsp3) is 0.381. The molecule has 0 aliphatic rings. The van der Waals surface area contributed by atoms with Gasteiger partial charge in [-0.3, -0.25) is 4.99 Å². The van der Waals surface area contributed by atoms with Crippen LogP contribution in [0.5, 0.6) is 0 Å². The van der Waals surface area contributed by atoms with Crippen LogP contribution < -0.4 is 10.6 Å². The van der Waals surface area contributed by atoms with Gasteiger partial charge in [0.05, 0.1) is 24.7 Å². The summed E-state index contributed by atoms with van der Waals surface area (Å²) in [6.07, 6.45) is 0.925. The first-order chi connectivity index (χ1) is 14.0. The molecule has 3 aromatic rings. The molecule has 0 saturated heterocycles. The van der Waals surface area contributed by atoms with Gasteiger partial charge in [-0.25, -0.2) is 9.78 Å². The maximum atomic E-state index is 11.7. The molecular weight excluding hydrogens is 370 g/mol. The summed E-state index contributed by atoms with van der Waals surface area (Å²) in [4.78, 5) is 20.5. The van der Waals surface area contributed by atoms with Gasteiger partial charge in [0.1, 0.15) is 22.9 Å². The van der Waals surface area contributed by atoms with Crippen LogP contribution in [0.4, 0.5) is 0 Å². The number of rotatable bonds is 7. The molecule has 2 N–H and O–H groups in total. The normalized spacial score (nSPS) is 11.7. The highest BCUT2D eigenvalue weighted by Crippen LogP contribution is 2.16. The lowest BCUT2D eigenvalue weighted by molar-refractivity contribution is 0.0599. The number of nitrogens with zero attached hydrogens (tertiary/aromatic N) is 3. The third kappa shape index (κ3) is 4.77. The van der Waals surface area contributed by atoms with Crippen LogP contribution in [0.15, 0.2) is 39.7 Å². The number of carbonyl (C=O) groups excluding carboxylic acids is 1. The lowest BCUT2D eigenvalue weighted by Crippen LogP contribution is -2.37. The van der Waals surface area contributed by atoms with Gasteiger partial charge >= 0.3 is 5.97 Å². The van der Waals surface area contributed by atoms with Gasteiger partial charge in [-0.1, -0.05) is 12.1 Å². The van der Waals surface area contributed by atoms with Gasteiger partial charge in [0.25, 0.3) is 0 Å². The van der Waals surface area contributed by atoms with Crippen molar-refractivity contribution in [2.75, 3.05) is 20.7 Å². The van der Waals surface area contributed by atoms with Gasteiger partial charge < -0.3 is 24.4 Å². The molecule has 0 aliphatic carbocycles. The number of aromatic nitrogens is 2. The Balaban J connectivity index is 1.48. The van der Waals surface area contributed by atoms with E-state index in [9.17, 15) is 4.79 Å². The average molecular weight is 397 g/mol. The molecular formula is C21H27N5O3. The van der Waals surface area contributed by atoms with Gasteiger partial charge in [0.2, 0.25) is 0 Å². The molecule has 2 heterocycles. The summed E-state index contributed by atoms with van der Waals surface area (Å²) in [5.41, 5.74) is 2.62. The summed E-state index contributed by atoms with van der Waals surface area (Å²) in [5, 5.41) is 6.49. The fourth-order valence-electron chi connectivity index (χ4n) is 3.26. The van der Waals surface area contributed by atoms with Gasteiger partial charge in [0.15, 0.2) is 5.96 Å². The van der Waals surface area contributed by atoms with Crippen molar-refractivity contribution < 1.29 is 13.9 Å². The SMILES string of the molecule is CN=C(NCCCn1c(C)nc2ccccc21)NCc1cc(C(=O)OC)c(C)o1. The molecule has 8 nitrogen and oxygen atoms in total. The number of aryl methyl sites for hydroxylation is 3. The number of fused-ring (bicyclic) bond motifs is 1. The van der Waals surface area contributed by atoms with E-state index in [0.29, 0.717) is 29.6 Å². The number of furan rings is 1. The van der Waals surface area contributed by atoms with Gasteiger partial charge in [-0.2, -0.15) is 0 Å². The maximum absolute atomic E-state index is 11.7. The summed E-state index contributed by atoms with van der Waals surface area (Å²) in [5.74, 6) is 2.47. The number of esters is 1. The Morgan fingerprint density at radius 2 is 2.07 bits per heavy atom. The summed E-state index contributed by atoms with van der Waals surface area (Å²) >= 11 is 0. The van der Waals surface area contributed by atoms with Crippen LogP contribution in [0.3, 0.4) is 0 Å². The number of hydrogen-bond donors (Lipinski definition) is 2. The van der Waals surface area contributed by atoms with Crippen molar-refractivity contribution >= 4 is 23.0 Å². The van der Waals surface area contributed by atoms with Crippen LogP contribution in [0, 0.1) is 13.8 Å². The van der Waals surface area contributed by atoms with Crippen molar-refractivity contribution in [3.63, 3.8) is 0 Å². The van der Waals surface area contributed by atoms with Gasteiger partial charge in [-0.05, 0) is 38.5 Å². The lowest BCUT2D eigenvalue weighted by atomic mass is 10.2. The summed E-state index contributed by atoms with van der Waals surface area (Å²) in [7, 11) is 3.07. The van der Waals surface area contributed by atoms with E-state index in [1.807, 2.05) is 25.1 Å². The second-order valence-corrected chi connectivity index (χ2v) is 6.68. The summed E-state index contributed by atoms with van der Waals surface area (Å²) < 4.78 is 12.6. The molecule has 0 bridgehead atoms. The van der Waals surface area contributed by atoms with E-state index in [1.165, 1.54) is 7.11 Å². The Bertz CT molecular complexity index is 1020. The number of hydrogen-bond acceptors (Lipinski definition) is 5. The van der Waals surface area contributed by atoms with E-state index in [4.69, 9.17) is 9.15 Å². The Kier molecular flexibility index (Phi) is 6.54. The van der Waals surface area contributed by atoms with Crippen molar-refractivity contribution in [2.24, 2.45) is 4.99 Å². The fourth-order valence-corrected chi connectivity index (χ4v) is 3.26. The van der Waals surface area contributed by atoms with Gasteiger partial charge in [-0.15, -0.1) is 0 Å². The minimum atomic E-state index is -0.401. The molecule has 0 spiro atoms. The Labute approximate surface area is 170 Å². The number of para-hydroxylation sites is 2. The largest absolute Gasteiger partial charge is 0.465 e. The van der Waals surface area contributed by atoms with Crippen LogP contribution in [-0.2, 0) is 17.8 Å². The first kappa shape index (κ1) is 20.4. The first-order valence-electron chi connectivity index (χ1n) is 9.57. The van der Waals surface area contributed by atoms with E-state index in [1.54, 1.807) is 20.0 Å². The summed E-state index contributed by atoms with van der Waals surface area (Å²) in [6, 6.07) is 9.85. The molecule has 0 atom stereocenters. The predicted molar refractivity (Wildman–Crippen MR) is 112 cm³/mol. The second-order valence-electron chi connectivity index (χ2n) is 6.68. The van der Waals surface area contributed by atoms with Crippen molar-refractivity contribution in [3.8, 4) is 0 Å². The van der Waals surface area contributed by atoms with E-state index >= 15 is 0 Å². The van der Waals surface area contributed by atoms with Gasteiger partial charge in [0, 0.05) is 20.1 Å². The molecule has 3 rings (SSSR count). The number of benzene rings is 1. The molecule has 29 heavy (non-hydrogen) atoms. The molecule has 0 unspecified atom stereocenters. The molecule has 0 fully saturated rings. The molecule has 8 heteroatoms. The number of guanidine groups is 1. The van der Waals surface area contributed by atoms with Crippen molar-refractivity contribution in [1.82, 2.24) is 20.2 Å². The highest BCUT2D eigenvalue weighted by Gasteiger charge is 2.15. The molecule has 0 amide bonds. The minimum Gasteiger partial charge on any atom is -0.465 e. The van der Waals surface area contributed by atoms with Crippen molar-refractivity contribution in [3.05, 3.63) is 53.2 Å². The molecule has 1 aromatic carbocycles. The Hall–Kier alpha value is -3.29. The van der Waals surface area contributed by atoms with E-state index in [0.717, 1.165) is 36.4 Å². The molecule has 0 aliphatic heterocycles. The summed E-state index contributed by atoms with van der Waals surface area (Å²) in [6.45, 7) is 5.82. The highest BCUT2D eigenvalue weighted by atomic mass is 16.5. The average Bonchev–Trinajstić information content (AvgIpc) is 3.25. The first-order valence-corrected chi connectivity index (χ1v) is 9.57. The highest BCUT2D eigenvalue weighted by molar-refractivity contribution is 5.90. The third-order valence-electron chi connectivity index (χ3n) is 4.72. The Morgan fingerprint density at radius 3 is 2.83 bits per heavy atom. The maximum Gasteiger partial charge on any atom is 0.341 e. The van der Waals surface area contributed by atoms with E-state index in [2.05, 4.69) is 31.2 Å². The number of methoxy groups -OCH3 is 1. The number of carbonyl (C=O) groups is 1. The zero-order chi connectivity index (χ0) is 20.8. The number of nitrogens with one attached hydrogen (secondary N) is 2. The van der Waals surface area contributed by atoms with E-state index in [-0.39, 0.29) is 0 Å².